The van der Waals surface area contributed by atoms with Gasteiger partial charge in [0.15, 0.2) is 0 Å². The molecule has 1 aromatic carbocycles. The van der Waals surface area contributed by atoms with Crippen LogP contribution in [0.3, 0.4) is 0 Å². The molecule has 4 saturated heterocycles. The van der Waals surface area contributed by atoms with Gasteiger partial charge in [0.05, 0.1) is 51.7 Å². The van der Waals surface area contributed by atoms with Gasteiger partial charge in [0.25, 0.3) is 0 Å². The molecule has 4 aliphatic rings. The van der Waals surface area contributed by atoms with E-state index in [1.54, 1.807) is 12.1 Å². The van der Waals surface area contributed by atoms with E-state index in [0.29, 0.717) is 41.0 Å². The zero-order valence-electron chi connectivity index (χ0n) is 28.6. The summed E-state index contributed by atoms with van der Waals surface area (Å²) in [7, 11) is -3.58. The molecule has 0 aliphatic carbocycles. The summed E-state index contributed by atoms with van der Waals surface area (Å²) in [5, 5.41) is 0. The van der Waals surface area contributed by atoms with E-state index >= 15 is 0 Å². The number of hydrogen-bond acceptors (Lipinski definition) is 6. The van der Waals surface area contributed by atoms with Crippen LogP contribution in [0.4, 0.5) is 0 Å². The Morgan fingerprint density at radius 2 is 1.18 bits per heavy atom. The van der Waals surface area contributed by atoms with Crippen LogP contribution < -0.4 is 0 Å². The molecule has 0 unspecified atom stereocenters. The van der Waals surface area contributed by atoms with Gasteiger partial charge in [-0.2, -0.15) is 0 Å². The molecule has 5 rings (SSSR count). The monoisotopic (exact) mass is 628 g/mol. The summed E-state index contributed by atoms with van der Waals surface area (Å²) in [4.78, 5) is 0.937. The van der Waals surface area contributed by atoms with Crippen LogP contribution in [-0.2, 0) is 28.8 Å². The molecular weight excluding hydrogens is 572 g/mol. The summed E-state index contributed by atoms with van der Waals surface area (Å²) in [5.41, 5.74) is 3.18. The van der Waals surface area contributed by atoms with Crippen molar-refractivity contribution < 1.29 is 27.4 Å². The van der Waals surface area contributed by atoms with Crippen molar-refractivity contribution in [1.29, 1.82) is 0 Å². The quantitative estimate of drug-likeness (QED) is 0.127. The molecule has 6 atom stereocenters. The molecule has 7 heteroatoms. The number of aryl methyl sites for hydroxylation is 1. The second kappa shape index (κ2) is 12.3. The SMILES string of the molecule is C/C(=C\CC/C(=C(/C)CC[C@H]1O[C@]1(C)CC[C@H]1OC1(C)C)S(=O)(=O)c1ccc(C)cc1)CC[C@H]1O[C@]1(C)CC[C@H]1OC1(C)C. The number of hydrogen-bond donors (Lipinski definition) is 0. The van der Waals surface area contributed by atoms with Crippen LogP contribution in [-0.4, -0.2) is 55.2 Å². The summed E-state index contributed by atoms with van der Waals surface area (Å²) in [6, 6.07) is 7.24. The molecule has 1 aromatic rings. The molecule has 0 radical (unpaired) electrons. The van der Waals surface area contributed by atoms with E-state index in [9.17, 15) is 8.42 Å². The summed E-state index contributed by atoms with van der Waals surface area (Å²) >= 11 is 0. The first-order chi connectivity index (χ1) is 20.5. The van der Waals surface area contributed by atoms with Gasteiger partial charge in [-0.15, -0.1) is 0 Å². The summed E-state index contributed by atoms with van der Waals surface area (Å²) in [6.45, 7) is 19.1. The van der Waals surface area contributed by atoms with Crippen LogP contribution in [0.5, 0.6) is 0 Å². The predicted octanol–water partition coefficient (Wildman–Crippen LogP) is 8.56. The number of benzene rings is 1. The maximum atomic E-state index is 13.9. The Labute approximate surface area is 266 Å². The highest BCUT2D eigenvalue weighted by atomic mass is 32.2. The highest BCUT2D eigenvalue weighted by Crippen LogP contribution is 2.49. The van der Waals surface area contributed by atoms with Gasteiger partial charge >= 0.3 is 0 Å². The van der Waals surface area contributed by atoms with Crippen molar-refractivity contribution in [3.05, 3.63) is 52.0 Å². The molecule has 4 heterocycles. The summed E-state index contributed by atoms with van der Waals surface area (Å²) in [6.07, 6.45) is 12.2. The first-order valence-corrected chi connectivity index (χ1v) is 18.3. The van der Waals surface area contributed by atoms with Gasteiger partial charge in [0.1, 0.15) is 0 Å². The Kier molecular flexibility index (Phi) is 9.43. The maximum absolute atomic E-state index is 13.9. The molecule has 0 amide bonds. The largest absolute Gasteiger partial charge is 0.367 e. The van der Waals surface area contributed by atoms with E-state index in [1.807, 2.05) is 26.0 Å². The minimum absolute atomic E-state index is 0.00140. The molecule has 6 nitrogen and oxygen atoms in total. The third-order valence-corrected chi connectivity index (χ3v) is 12.9. The number of sulfone groups is 1. The minimum Gasteiger partial charge on any atom is -0.367 e. The van der Waals surface area contributed by atoms with Crippen LogP contribution in [0, 0.1) is 6.92 Å². The zero-order chi connectivity index (χ0) is 32.1. The van der Waals surface area contributed by atoms with Crippen molar-refractivity contribution in [2.75, 3.05) is 0 Å². The predicted molar refractivity (Wildman–Crippen MR) is 175 cm³/mol. The Morgan fingerprint density at radius 1 is 0.705 bits per heavy atom. The van der Waals surface area contributed by atoms with E-state index in [2.05, 4.69) is 54.5 Å². The molecular formula is C37H56O6S. The van der Waals surface area contributed by atoms with E-state index in [4.69, 9.17) is 18.9 Å². The van der Waals surface area contributed by atoms with Crippen molar-refractivity contribution in [2.45, 2.75) is 178 Å². The highest BCUT2D eigenvalue weighted by molar-refractivity contribution is 7.95. The van der Waals surface area contributed by atoms with Crippen LogP contribution in [0.15, 0.2) is 51.3 Å². The van der Waals surface area contributed by atoms with Crippen LogP contribution in [0.2, 0.25) is 0 Å². The van der Waals surface area contributed by atoms with Crippen LogP contribution >= 0.6 is 0 Å². The number of ether oxygens (including phenoxy) is 4. The normalized spacial score (nSPS) is 34.0. The summed E-state index contributed by atoms with van der Waals surface area (Å²) < 4.78 is 51.5. The first-order valence-electron chi connectivity index (χ1n) is 16.8. The van der Waals surface area contributed by atoms with Crippen molar-refractivity contribution in [2.24, 2.45) is 0 Å². The average molecular weight is 629 g/mol. The van der Waals surface area contributed by atoms with E-state index in [0.717, 1.165) is 62.5 Å². The zero-order valence-corrected chi connectivity index (χ0v) is 29.4. The molecule has 4 aliphatic heterocycles. The number of allylic oxidation sites excluding steroid dienone is 4. The fourth-order valence-electron chi connectivity index (χ4n) is 6.90. The van der Waals surface area contributed by atoms with Gasteiger partial charge < -0.3 is 18.9 Å². The second-order valence-corrected chi connectivity index (χ2v) is 17.5. The fraction of sp³-hybridized carbons (Fsp3) is 0.730. The van der Waals surface area contributed by atoms with Crippen molar-refractivity contribution in [3.8, 4) is 0 Å². The van der Waals surface area contributed by atoms with Gasteiger partial charge in [-0.3, -0.25) is 0 Å². The first kappa shape index (κ1) is 33.8. The molecule has 0 N–H and O–H groups in total. The van der Waals surface area contributed by atoms with E-state index in [1.165, 1.54) is 5.57 Å². The molecule has 246 valence electrons. The number of epoxide rings is 4. The lowest BCUT2D eigenvalue weighted by atomic mass is 9.94. The minimum atomic E-state index is -3.58. The van der Waals surface area contributed by atoms with E-state index < -0.39 is 9.84 Å². The lowest BCUT2D eigenvalue weighted by Crippen LogP contribution is -2.13. The second-order valence-electron chi connectivity index (χ2n) is 15.5. The van der Waals surface area contributed by atoms with Gasteiger partial charge in [0, 0.05) is 4.91 Å². The third kappa shape index (κ3) is 8.06. The summed E-state index contributed by atoms with van der Waals surface area (Å²) in [5.74, 6) is 0. The van der Waals surface area contributed by atoms with Gasteiger partial charge in [-0.25, -0.2) is 8.42 Å². The van der Waals surface area contributed by atoms with Gasteiger partial charge in [-0.05, 0) is 139 Å². The molecule has 0 spiro atoms. The van der Waals surface area contributed by atoms with Crippen LogP contribution in [0.1, 0.15) is 125 Å². The van der Waals surface area contributed by atoms with Crippen molar-refractivity contribution in [3.63, 3.8) is 0 Å². The molecule has 44 heavy (non-hydrogen) atoms. The lowest BCUT2D eigenvalue weighted by Gasteiger charge is -2.14. The number of rotatable bonds is 17. The standard InChI is InChI=1S/C37H56O6S/c1-25(15-19-32-36(8,42-32)23-21-30-34(4,5)40-30)11-10-12-29(44(38,39)28-17-13-26(2)14-18-28)27(3)16-20-33-37(9,43-33)24-22-31-35(6,7)41-31/h11,13-14,17-18,30-33H,10,12,15-16,19-24H2,1-9H3/b25-11+,29-27+/t30-,31-,32-,33-,36-,37-/m1/s1. The van der Waals surface area contributed by atoms with Crippen molar-refractivity contribution in [1.82, 2.24) is 0 Å². The Bertz CT molecular complexity index is 1370. The lowest BCUT2D eigenvalue weighted by molar-refractivity contribution is 0.274. The fourth-order valence-corrected chi connectivity index (χ4v) is 8.62. The highest BCUT2D eigenvalue weighted by Gasteiger charge is 2.55. The molecule has 4 fully saturated rings. The molecule has 0 aromatic heterocycles. The third-order valence-electron chi connectivity index (χ3n) is 10.8. The maximum Gasteiger partial charge on any atom is 0.202 e. The smallest absolute Gasteiger partial charge is 0.202 e. The Hall–Kier alpha value is -1.51. The average Bonchev–Trinajstić information content (AvgIpc) is 3.90. The Morgan fingerprint density at radius 3 is 1.66 bits per heavy atom. The molecule has 0 bridgehead atoms. The van der Waals surface area contributed by atoms with Gasteiger partial charge in [-0.1, -0.05) is 34.9 Å². The van der Waals surface area contributed by atoms with E-state index in [-0.39, 0.29) is 28.5 Å². The topological polar surface area (TPSA) is 84.3 Å². The van der Waals surface area contributed by atoms with Crippen molar-refractivity contribution >= 4 is 9.84 Å². The molecule has 0 saturated carbocycles. The van der Waals surface area contributed by atoms with Crippen LogP contribution in [0.25, 0.3) is 0 Å². The van der Waals surface area contributed by atoms with Gasteiger partial charge in [0.2, 0.25) is 9.84 Å². The Balaban J connectivity index is 1.15.